The Balaban J connectivity index is 0.00000161. The molecule has 3 nitrogen and oxygen atoms in total. The van der Waals surface area contributed by atoms with E-state index in [-0.39, 0.29) is 47.1 Å². The minimum atomic E-state index is -4.56. The first-order valence-electron chi connectivity index (χ1n) is 6.00. The van der Waals surface area contributed by atoms with Crippen molar-refractivity contribution in [2.24, 2.45) is 0 Å². The maximum atomic E-state index is 13.9. The number of halogens is 4. The Morgan fingerprint density at radius 3 is 2.48 bits per heavy atom. The van der Waals surface area contributed by atoms with Crippen molar-refractivity contribution in [2.75, 3.05) is 0 Å². The van der Waals surface area contributed by atoms with Crippen LogP contribution in [0.4, 0.5) is 17.6 Å². The standard InChI is InChI=1S/C13H10F4N3.Na/c1-7-4-9(14)11(18-5-7)12-19-10(13(15,16)17)6-20(12)8-2-3-8;/h4-6,8H,1-3H2;/q-1;+1. The Labute approximate surface area is 140 Å². The molecule has 2 aromatic heterocycles. The summed E-state index contributed by atoms with van der Waals surface area (Å²) in [5, 5.41) is 0. The average Bonchev–Trinajstić information content (AvgIpc) is 3.08. The first-order valence-corrected chi connectivity index (χ1v) is 6.00. The molecule has 0 atom stereocenters. The number of alkyl halides is 3. The van der Waals surface area contributed by atoms with Crippen LogP contribution < -0.4 is 29.6 Å². The summed E-state index contributed by atoms with van der Waals surface area (Å²) in [6.07, 6.45) is -0.813. The van der Waals surface area contributed by atoms with Gasteiger partial charge < -0.3 is 9.55 Å². The van der Waals surface area contributed by atoms with Gasteiger partial charge in [0.1, 0.15) is 5.69 Å². The van der Waals surface area contributed by atoms with Gasteiger partial charge in [0, 0.05) is 12.2 Å². The van der Waals surface area contributed by atoms with E-state index < -0.39 is 17.7 Å². The number of nitrogens with zero attached hydrogens (tertiary/aromatic N) is 3. The van der Waals surface area contributed by atoms with Gasteiger partial charge in [-0.25, -0.2) is 9.37 Å². The Hall–Kier alpha value is -1.05. The third-order valence-corrected chi connectivity index (χ3v) is 3.07. The predicted octanol–water partition coefficient (Wildman–Crippen LogP) is 0.624. The normalized spacial score (nSPS) is 14.9. The van der Waals surface area contributed by atoms with E-state index in [0.29, 0.717) is 5.56 Å². The van der Waals surface area contributed by atoms with E-state index in [0.717, 1.165) is 25.1 Å². The van der Waals surface area contributed by atoms with E-state index in [1.807, 2.05) is 0 Å². The second-order valence-electron chi connectivity index (χ2n) is 4.76. The van der Waals surface area contributed by atoms with Gasteiger partial charge in [0.2, 0.25) is 0 Å². The van der Waals surface area contributed by atoms with E-state index in [2.05, 4.69) is 16.9 Å². The minimum Gasteiger partial charge on any atom is -0.326 e. The Bertz CT molecular complexity index is 662. The molecule has 0 spiro atoms. The van der Waals surface area contributed by atoms with Gasteiger partial charge in [-0.1, -0.05) is 6.20 Å². The molecule has 1 saturated carbocycles. The van der Waals surface area contributed by atoms with Gasteiger partial charge in [-0.15, -0.1) is 6.07 Å². The van der Waals surface area contributed by atoms with E-state index in [1.54, 1.807) is 0 Å². The molecule has 0 bridgehead atoms. The maximum Gasteiger partial charge on any atom is 1.00 e. The first kappa shape index (κ1) is 16.3. The van der Waals surface area contributed by atoms with Crippen LogP contribution in [-0.2, 0) is 6.18 Å². The van der Waals surface area contributed by atoms with Crippen LogP contribution in [0.1, 0.15) is 30.1 Å². The summed E-state index contributed by atoms with van der Waals surface area (Å²) >= 11 is 0. The molecule has 1 aliphatic rings. The number of imidazole rings is 1. The molecule has 106 valence electrons. The SMILES string of the molecule is [CH2-]c1cnc(-c2nc(C(F)(F)F)cn2C2CC2)c(F)c1.[Na+]. The molecule has 3 rings (SSSR count). The Kier molecular flexibility index (Phi) is 4.37. The van der Waals surface area contributed by atoms with Crippen molar-refractivity contribution >= 4 is 0 Å². The van der Waals surface area contributed by atoms with Crippen LogP contribution >= 0.6 is 0 Å². The van der Waals surface area contributed by atoms with Crippen LogP contribution in [0.2, 0.25) is 0 Å². The molecule has 1 aliphatic carbocycles. The summed E-state index contributed by atoms with van der Waals surface area (Å²) in [6.45, 7) is 3.52. The van der Waals surface area contributed by atoms with E-state index in [4.69, 9.17) is 0 Å². The second-order valence-corrected chi connectivity index (χ2v) is 4.76. The molecule has 8 heteroatoms. The Morgan fingerprint density at radius 1 is 1.29 bits per heavy atom. The zero-order chi connectivity index (χ0) is 14.5. The van der Waals surface area contributed by atoms with Crippen LogP contribution in [0, 0.1) is 12.7 Å². The molecular formula is C13H10F4N3Na. The molecule has 1 fully saturated rings. The Morgan fingerprint density at radius 2 is 1.95 bits per heavy atom. The summed E-state index contributed by atoms with van der Waals surface area (Å²) in [4.78, 5) is 7.34. The van der Waals surface area contributed by atoms with Gasteiger partial charge in [-0.2, -0.15) is 25.7 Å². The third-order valence-electron chi connectivity index (χ3n) is 3.07. The van der Waals surface area contributed by atoms with Crippen molar-refractivity contribution < 1.29 is 47.1 Å². The van der Waals surface area contributed by atoms with Crippen molar-refractivity contribution in [2.45, 2.75) is 25.1 Å². The average molecular weight is 307 g/mol. The zero-order valence-electron chi connectivity index (χ0n) is 11.3. The van der Waals surface area contributed by atoms with Crippen molar-refractivity contribution in [1.82, 2.24) is 14.5 Å². The molecule has 0 N–H and O–H groups in total. The van der Waals surface area contributed by atoms with Gasteiger partial charge in [0.15, 0.2) is 11.5 Å². The predicted molar refractivity (Wildman–Crippen MR) is 63.1 cm³/mol. The zero-order valence-corrected chi connectivity index (χ0v) is 13.3. The largest absolute Gasteiger partial charge is 1.00 e. The number of hydrogen-bond acceptors (Lipinski definition) is 2. The van der Waals surface area contributed by atoms with E-state index in [9.17, 15) is 17.6 Å². The van der Waals surface area contributed by atoms with Gasteiger partial charge in [-0.05, 0) is 12.8 Å². The van der Waals surface area contributed by atoms with Crippen LogP contribution in [0.5, 0.6) is 0 Å². The van der Waals surface area contributed by atoms with E-state index >= 15 is 0 Å². The fourth-order valence-electron chi connectivity index (χ4n) is 1.98. The molecule has 0 radical (unpaired) electrons. The topological polar surface area (TPSA) is 30.7 Å². The first-order chi connectivity index (χ1) is 9.36. The van der Waals surface area contributed by atoms with Gasteiger partial charge in [0.05, 0.1) is 5.82 Å². The third kappa shape index (κ3) is 3.25. The van der Waals surface area contributed by atoms with Crippen molar-refractivity contribution in [3.05, 3.63) is 42.5 Å². The molecule has 2 heterocycles. The second kappa shape index (κ2) is 5.62. The molecule has 0 unspecified atom stereocenters. The molecule has 2 aromatic rings. The minimum absolute atomic E-state index is 0. The van der Waals surface area contributed by atoms with Gasteiger partial charge in [0.25, 0.3) is 0 Å². The summed E-state index contributed by atoms with van der Waals surface area (Å²) in [7, 11) is 0. The summed E-state index contributed by atoms with van der Waals surface area (Å²) in [5.74, 6) is -0.809. The summed E-state index contributed by atoms with van der Waals surface area (Å²) in [6, 6.07) is 1.07. The van der Waals surface area contributed by atoms with Gasteiger partial charge in [-0.3, -0.25) is 0 Å². The van der Waals surface area contributed by atoms with Crippen LogP contribution in [0.15, 0.2) is 18.5 Å². The van der Waals surface area contributed by atoms with Crippen molar-refractivity contribution in [1.29, 1.82) is 0 Å². The molecular weight excluding hydrogens is 297 g/mol. The summed E-state index contributed by atoms with van der Waals surface area (Å²) in [5.41, 5.74) is -0.856. The smallest absolute Gasteiger partial charge is 0.326 e. The van der Waals surface area contributed by atoms with Crippen molar-refractivity contribution in [3.8, 4) is 11.5 Å². The number of hydrogen-bond donors (Lipinski definition) is 0. The number of rotatable bonds is 2. The number of aromatic nitrogens is 3. The van der Waals surface area contributed by atoms with Crippen molar-refractivity contribution in [3.63, 3.8) is 0 Å². The van der Waals surface area contributed by atoms with Crippen LogP contribution in [0.25, 0.3) is 11.5 Å². The number of pyridine rings is 1. The maximum absolute atomic E-state index is 13.9. The fourth-order valence-corrected chi connectivity index (χ4v) is 1.98. The summed E-state index contributed by atoms with van der Waals surface area (Å²) < 4.78 is 53.5. The van der Waals surface area contributed by atoms with Crippen LogP contribution in [0.3, 0.4) is 0 Å². The monoisotopic (exact) mass is 307 g/mol. The molecule has 21 heavy (non-hydrogen) atoms. The molecule has 0 aromatic carbocycles. The van der Waals surface area contributed by atoms with Crippen LogP contribution in [-0.4, -0.2) is 14.5 Å². The van der Waals surface area contributed by atoms with E-state index in [1.165, 1.54) is 10.8 Å². The molecule has 0 amide bonds. The molecule has 0 aliphatic heterocycles. The quantitative estimate of drug-likeness (QED) is 0.463. The fraction of sp³-hybridized carbons (Fsp3) is 0.308. The van der Waals surface area contributed by atoms with Gasteiger partial charge >= 0.3 is 35.7 Å². The molecule has 0 saturated heterocycles.